The van der Waals surface area contributed by atoms with Crippen LogP contribution in [-0.2, 0) is 10.2 Å². The summed E-state index contributed by atoms with van der Waals surface area (Å²) in [7, 11) is -3.62. The predicted octanol–water partition coefficient (Wildman–Crippen LogP) is 0.196. The van der Waals surface area contributed by atoms with Crippen LogP contribution in [0.5, 0.6) is 5.75 Å². The lowest BCUT2D eigenvalue weighted by atomic mass is 10.4. The first-order valence-electron chi connectivity index (χ1n) is 4.51. The summed E-state index contributed by atoms with van der Waals surface area (Å²) in [6.07, 6.45) is 3.11. The van der Waals surface area contributed by atoms with E-state index in [0.29, 0.717) is 0 Å². The van der Waals surface area contributed by atoms with Gasteiger partial charge in [0.1, 0.15) is 0 Å². The maximum absolute atomic E-state index is 11.4. The third-order valence-corrected chi connectivity index (χ3v) is 3.02. The van der Waals surface area contributed by atoms with Gasteiger partial charge in [-0.15, -0.1) is 0 Å². The second-order valence-corrected chi connectivity index (χ2v) is 4.82. The second-order valence-electron chi connectivity index (χ2n) is 3.37. The fraction of sp³-hybridized carbons (Fsp3) is 0.375. The van der Waals surface area contributed by atoms with Gasteiger partial charge in [-0.2, -0.15) is 13.1 Å². The van der Waals surface area contributed by atoms with Gasteiger partial charge in [0.05, 0.1) is 0 Å². The van der Waals surface area contributed by atoms with E-state index in [9.17, 15) is 13.5 Å². The number of nitrogens with one attached hydrogen (secondary N) is 2. The van der Waals surface area contributed by atoms with Crippen LogP contribution in [0.4, 0.5) is 5.82 Å². The largest absolute Gasteiger partial charge is 0.504 e. The molecule has 1 heterocycles. The summed E-state index contributed by atoms with van der Waals surface area (Å²) in [6.45, 7) is 0. The molecule has 0 amide bonds. The summed E-state index contributed by atoms with van der Waals surface area (Å²) in [4.78, 5) is 3.71. The second kappa shape index (κ2) is 3.67. The Morgan fingerprint density at radius 1 is 1.47 bits per heavy atom. The monoisotopic (exact) mass is 229 g/mol. The van der Waals surface area contributed by atoms with E-state index < -0.39 is 10.2 Å². The Bertz CT molecular complexity index is 456. The minimum absolute atomic E-state index is 0.0216. The number of aromatic hydroxyl groups is 1. The first-order chi connectivity index (χ1) is 7.07. The Balaban J connectivity index is 2.10. The predicted molar refractivity (Wildman–Crippen MR) is 54.6 cm³/mol. The van der Waals surface area contributed by atoms with Gasteiger partial charge in [-0.3, -0.25) is 4.72 Å². The van der Waals surface area contributed by atoms with Crippen molar-refractivity contribution in [2.24, 2.45) is 0 Å². The molecule has 3 N–H and O–H groups in total. The summed E-state index contributed by atoms with van der Waals surface area (Å²) in [5, 5.41) is 9.31. The molecule has 0 aromatic carbocycles. The van der Waals surface area contributed by atoms with Crippen LogP contribution in [0.3, 0.4) is 0 Å². The van der Waals surface area contributed by atoms with E-state index in [-0.39, 0.29) is 17.6 Å². The van der Waals surface area contributed by atoms with E-state index in [2.05, 4.69) is 14.4 Å². The summed E-state index contributed by atoms with van der Waals surface area (Å²) in [6, 6.07) is 2.90. The fourth-order valence-electron chi connectivity index (χ4n) is 1.05. The van der Waals surface area contributed by atoms with Gasteiger partial charge in [0.2, 0.25) is 0 Å². The highest BCUT2D eigenvalue weighted by atomic mass is 32.2. The zero-order valence-electron chi connectivity index (χ0n) is 7.84. The molecule has 1 fully saturated rings. The number of rotatable bonds is 4. The SMILES string of the molecule is O=S(=O)(Nc1ncccc1O)NC1CC1. The van der Waals surface area contributed by atoms with E-state index in [4.69, 9.17) is 0 Å². The van der Waals surface area contributed by atoms with Gasteiger partial charge in [0.15, 0.2) is 11.6 Å². The normalized spacial score (nSPS) is 16.3. The molecule has 1 aromatic heterocycles. The Morgan fingerprint density at radius 2 is 2.20 bits per heavy atom. The molecule has 7 heteroatoms. The van der Waals surface area contributed by atoms with Gasteiger partial charge < -0.3 is 5.11 Å². The topological polar surface area (TPSA) is 91.3 Å². The Labute approximate surface area is 87.5 Å². The van der Waals surface area contributed by atoms with E-state index >= 15 is 0 Å². The van der Waals surface area contributed by atoms with Gasteiger partial charge in [-0.1, -0.05) is 0 Å². The lowest BCUT2D eigenvalue weighted by Crippen LogP contribution is -2.32. The number of anilines is 1. The van der Waals surface area contributed by atoms with E-state index in [1.54, 1.807) is 0 Å². The zero-order valence-corrected chi connectivity index (χ0v) is 8.66. The van der Waals surface area contributed by atoms with Crippen molar-refractivity contribution >= 4 is 16.0 Å². The molecule has 0 radical (unpaired) electrons. The van der Waals surface area contributed by atoms with Crippen molar-refractivity contribution < 1.29 is 13.5 Å². The van der Waals surface area contributed by atoms with E-state index in [0.717, 1.165) is 12.8 Å². The Hall–Kier alpha value is -1.34. The standard InChI is InChI=1S/C8H11N3O3S/c12-7-2-1-5-9-8(7)11-15(13,14)10-6-3-4-6/h1-2,5-6,10,12H,3-4H2,(H,9,11). The van der Waals surface area contributed by atoms with Crippen LogP contribution in [0, 0.1) is 0 Å². The average Bonchev–Trinajstić information content (AvgIpc) is 2.91. The molecule has 1 aliphatic carbocycles. The molecule has 1 aliphatic rings. The molecule has 82 valence electrons. The molecule has 0 unspecified atom stereocenters. The maximum atomic E-state index is 11.4. The molecule has 0 bridgehead atoms. The van der Waals surface area contributed by atoms with Crippen LogP contribution in [0.1, 0.15) is 12.8 Å². The number of hydrogen-bond acceptors (Lipinski definition) is 4. The summed E-state index contributed by atoms with van der Waals surface area (Å²) >= 11 is 0. The lowest BCUT2D eigenvalue weighted by Gasteiger charge is -2.08. The third-order valence-electron chi connectivity index (χ3n) is 1.92. The van der Waals surface area contributed by atoms with E-state index in [1.807, 2.05) is 0 Å². The van der Waals surface area contributed by atoms with Gasteiger partial charge in [-0.25, -0.2) is 4.98 Å². The average molecular weight is 229 g/mol. The van der Waals surface area contributed by atoms with Crippen LogP contribution in [0.15, 0.2) is 18.3 Å². The Kier molecular flexibility index (Phi) is 2.49. The molecule has 1 saturated carbocycles. The highest BCUT2D eigenvalue weighted by Crippen LogP contribution is 2.22. The first kappa shape index (κ1) is 10.2. The molecular formula is C8H11N3O3S. The lowest BCUT2D eigenvalue weighted by molar-refractivity contribution is 0.475. The first-order valence-corrected chi connectivity index (χ1v) is 5.99. The maximum Gasteiger partial charge on any atom is 0.300 e. The van der Waals surface area contributed by atoms with Gasteiger partial charge in [0, 0.05) is 12.2 Å². The number of nitrogens with zero attached hydrogens (tertiary/aromatic N) is 1. The van der Waals surface area contributed by atoms with E-state index in [1.165, 1.54) is 18.3 Å². The molecule has 0 spiro atoms. The van der Waals surface area contributed by atoms with Crippen molar-refractivity contribution in [2.45, 2.75) is 18.9 Å². The number of pyridine rings is 1. The third kappa shape index (κ3) is 2.80. The van der Waals surface area contributed by atoms with Crippen LogP contribution < -0.4 is 9.44 Å². The van der Waals surface area contributed by atoms with Crippen molar-refractivity contribution in [3.63, 3.8) is 0 Å². The summed E-state index contributed by atoms with van der Waals surface area (Å²) < 4.78 is 27.4. The fourth-order valence-corrected chi connectivity index (χ4v) is 2.20. The molecule has 0 atom stereocenters. The van der Waals surface area contributed by atoms with Crippen molar-refractivity contribution in [3.05, 3.63) is 18.3 Å². The van der Waals surface area contributed by atoms with Crippen molar-refractivity contribution in [2.75, 3.05) is 4.72 Å². The van der Waals surface area contributed by atoms with Gasteiger partial charge in [0.25, 0.3) is 0 Å². The summed E-state index contributed by atoms with van der Waals surface area (Å²) in [5.74, 6) is -0.260. The number of aromatic nitrogens is 1. The molecule has 0 saturated heterocycles. The van der Waals surface area contributed by atoms with Gasteiger partial charge >= 0.3 is 10.2 Å². The smallest absolute Gasteiger partial charge is 0.300 e. The number of hydrogen-bond donors (Lipinski definition) is 3. The molecule has 2 rings (SSSR count). The highest BCUT2D eigenvalue weighted by Gasteiger charge is 2.27. The quantitative estimate of drug-likeness (QED) is 0.687. The van der Waals surface area contributed by atoms with Crippen LogP contribution in [0.2, 0.25) is 0 Å². The van der Waals surface area contributed by atoms with Crippen LogP contribution in [-0.4, -0.2) is 24.6 Å². The van der Waals surface area contributed by atoms with Crippen molar-refractivity contribution in [1.29, 1.82) is 0 Å². The highest BCUT2D eigenvalue weighted by molar-refractivity contribution is 7.90. The van der Waals surface area contributed by atoms with Crippen molar-refractivity contribution in [1.82, 2.24) is 9.71 Å². The molecule has 0 aliphatic heterocycles. The minimum atomic E-state index is -3.62. The molecule has 6 nitrogen and oxygen atoms in total. The zero-order chi connectivity index (χ0) is 10.9. The van der Waals surface area contributed by atoms with Gasteiger partial charge in [-0.05, 0) is 25.0 Å². The molecular weight excluding hydrogens is 218 g/mol. The Morgan fingerprint density at radius 3 is 2.80 bits per heavy atom. The van der Waals surface area contributed by atoms with Crippen molar-refractivity contribution in [3.8, 4) is 5.75 Å². The molecule has 1 aromatic rings. The minimum Gasteiger partial charge on any atom is -0.504 e. The van der Waals surface area contributed by atoms with Crippen LogP contribution >= 0.6 is 0 Å². The van der Waals surface area contributed by atoms with Crippen LogP contribution in [0.25, 0.3) is 0 Å². The summed E-state index contributed by atoms with van der Waals surface area (Å²) in [5.41, 5.74) is 0. The molecule has 15 heavy (non-hydrogen) atoms.